The summed E-state index contributed by atoms with van der Waals surface area (Å²) in [5.41, 5.74) is 3.25. The highest BCUT2D eigenvalue weighted by molar-refractivity contribution is 5.96. The Morgan fingerprint density at radius 2 is 1.84 bits per heavy atom. The lowest BCUT2D eigenvalue weighted by Gasteiger charge is -2.28. The van der Waals surface area contributed by atoms with Crippen LogP contribution in [0.1, 0.15) is 18.1 Å². The van der Waals surface area contributed by atoms with E-state index in [0.29, 0.717) is 5.75 Å². The Kier molecular flexibility index (Phi) is 3.90. The highest BCUT2D eigenvalue weighted by Gasteiger charge is 2.21. The number of methoxy groups -OCH3 is 2. The van der Waals surface area contributed by atoms with E-state index in [9.17, 15) is 4.79 Å². The second-order valence-electron chi connectivity index (χ2n) is 4.82. The van der Waals surface area contributed by atoms with Crippen molar-refractivity contribution >= 4 is 11.4 Å². The van der Waals surface area contributed by atoms with Crippen molar-refractivity contribution in [2.75, 3.05) is 27.8 Å². The minimum Gasteiger partial charge on any atom is -0.493 e. The summed E-state index contributed by atoms with van der Waals surface area (Å²) in [6.45, 7) is 3.18. The molecular formula is C15H19NO3. The lowest BCUT2D eigenvalue weighted by molar-refractivity contribution is -0.112. The lowest BCUT2D eigenvalue weighted by Crippen LogP contribution is -2.26. The number of carbonyl (C=O) groups excluding carboxylic acids is 1. The van der Waals surface area contributed by atoms with Gasteiger partial charge >= 0.3 is 0 Å². The summed E-state index contributed by atoms with van der Waals surface area (Å²) in [6.07, 6.45) is 1.69. The largest absolute Gasteiger partial charge is 0.493 e. The van der Waals surface area contributed by atoms with E-state index in [0.717, 1.165) is 35.5 Å². The van der Waals surface area contributed by atoms with E-state index in [1.807, 2.05) is 19.2 Å². The molecule has 0 amide bonds. The minimum atomic E-state index is 0.0611. The van der Waals surface area contributed by atoms with Crippen LogP contribution in [-0.4, -0.2) is 38.5 Å². The van der Waals surface area contributed by atoms with Crippen LogP contribution in [0.2, 0.25) is 0 Å². The molecular weight excluding hydrogens is 242 g/mol. The standard InChI is InChI=1S/C15H19NO3/c1-10(17)5-11-8-16(2)9-12-6-14(18-3)15(19-4)7-13(11)12/h5-7H,8-9H2,1-4H3/b11-5+. The van der Waals surface area contributed by atoms with E-state index in [4.69, 9.17) is 9.47 Å². The Morgan fingerprint density at radius 3 is 2.42 bits per heavy atom. The molecule has 1 aliphatic heterocycles. The first-order valence-electron chi connectivity index (χ1n) is 6.20. The quantitative estimate of drug-likeness (QED) is 0.781. The van der Waals surface area contributed by atoms with Gasteiger partial charge in [0.2, 0.25) is 0 Å². The molecule has 19 heavy (non-hydrogen) atoms. The van der Waals surface area contributed by atoms with Crippen LogP contribution in [0.4, 0.5) is 0 Å². The summed E-state index contributed by atoms with van der Waals surface area (Å²) in [5, 5.41) is 0. The molecule has 0 saturated carbocycles. The van der Waals surface area contributed by atoms with E-state index >= 15 is 0 Å². The van der Waals surface area contributed by atoms with E-state index in [-0.39, 0.29) is 5.78 Å². The van der Waals surface area contributed by atoms with Crippen LogP contribution in [0.25, 0.3) is 5.57 Å². The van der Waals surface area contributed by atoms with E-state index in [1.54, 1.807) is 27.2 Å². The molecule has 1 aromatic rings. The Bertz CT molecular complexity index is 534. The Balaban J connectivity index is 2.57. The van der Waals surface area contributed by atoms with Crippen molar-refractivity contribution in [3.8, 4) is 11.5 Å². The number of ketones is 1. The maximum Gasteiger partial charge on any atom is 0.161 e. The fraction of sp³-hybridized carbons (Fsp3) is 0.400. The van der Waals surface area contributed by atoms with Gasteiger partial charge in [-0.1, -0.05) is 0 Å². The number of benzene rings is 1. The number of likely N-dealkylation sites (N-methyl/N-ethyl adjacent to an activating group) is 1. The monoisotopic (exact) mass is 261 g/mol. The summed E-state index contributed by atoms with van der Waals surface area (Å²) in [5.74, 6) is 1.48. The SMILES string of the molecule is COc1cc2c(cc1OC)/C(=C/C(C)=O)CN(C)C2. The molecule has 0 aromatic heterocycles. The van der Waals surface area contributed by atoms with Crippen LogP contribution >= 0.6 is 0 Å². The minimum absolute atomic E-state index is 0.0611. The zero-order valence-corrected chi connectivity index (χ0v) is 11.8. The van der Waals surface area contributed by atoms with Gasteiger partial charge in [0, 0.05) is 13.1 Å². The first kappa shape index (κ1) is 13.6. The smallest absolute Gasteiger partial charge is 0.161 e. The number of hydrogen-bond donors (Lipinski definition) is 0. The summed E-state index contributed by atoms with van der Waals surface area (Å²) in [7, 11) is 5.28. The molecule has 102 valence electrons. The van der Waals surface area contributed by atoms with Crippen molar-refractivity contribution in [1.29, 1.82) is 0 Å². The second-order valence-corrected chi connectivity index (χ2v) is 4.82. The Morgan fingerprint density at radius 1 is 1.21 bits per heavy atom. The molecule has 1 aliphatic rings. The summed E-state index contributed by atoms with van der Waals surface area (Å²) >= 11 is 0. The second kappa shape index (κ2) is 5.45. The van der Waals surface area contributed by atoms with Gasteiger partial charge in [-0.3, -0.25) is 9.69 Å². The predicted octanol–water partition coefficient (Wildman–Crippen LogP) is 2.12. The maximum absolute atomic E-state index is 11.4. The fourth-order valence-electron chi connectivity index (χ4n) is 2.44. The molecule has 2 rings (SSSR count). The van der Waals surface area contributed by atoms with Gasteiger partial charge in [0.25, 0.3) is 0 Å². The molecule has 0 radical (unpaired) electrons. The molecule has 0 fully saturated rings. The van der Waals surface area contributed by atoms with Gasteiger partial charge in [-0.15, -0.1) is 0 Å². The lowest BCUT2D eigenvalue weighted by atomic mass is 9.93. The zero-order valence-electron chi connectivity index (χ0n) is 11.8. The maximum atomic E-state index is 11.4. The fourth-order valence-corrected chi connectivity index (χ4v) is 2.44. The summed E-state index contributed by atoms with van der Waals surface area (Å²) < 4.78 is 10.7. The molecule has 0 saturated heterocycles. The van der Waals surface area contributed by atoms with Gasteiger partial charge in [0.1, 0.15) is 0 Å². The molecule has 1 heterocycles. The molecule has 0 bridgehead atoms. The van der Waals surface area contributed by atoms with Crippen LogP contribution < -0.4 is 9.47 Å². The molecule has 4 nitrogen and oxygen atoms in total. The number of carbonyl (C=O) groups is 1. The third-order valence-electron chi connectivity index (χ3n) is 3.21. The van der Waals surface area contributed by atoms with Crippen molar-refractivity contribution in [3.63, 3.8) is 0 Å². The van der Waals surface area contributed by atoms with Crippen molar-refractivity contribution in [2.24, 2.45) is 0 Å². The van der Waals surface area contributed by atoms with Crippen LogP contribution in [0.15, 0.2) is 18.2 Å². The third kappa shape index (κ3) is 2.79. The molecule has 0 unspecified atom stereocenters. The number of allylic oxidation sites excluding steroid dienone is 1. The third-order valence-corrected chi connectivity index (χ3v) is 3.21. The van der Waals surface area contributed by atoms with Gasteiger partial charge in [0.05, 0.1) is 14.2 Å². The van der Waals surface area contributed by atoms with Gasteiger partial charge in [-0.25, -0.2) is 0 Å². The highest BCUT2D eigenvalue weighted by Crippen LogP contribution is 2.36. The van der Waals surface area contributed by atoms with Gasteiger partial charge < -0.3 is 9.47 Å². The average molecular weight is 261 g/mol. The van der Waals surface area contributed by atoms with E-state index in [1.165, 1.54) is 0 Å². The van der Waals surface area contributed by atoms with Crippen LogP contribution in [0.3, 0.4) is 0 Å². The molecule has 1 aromatic carbocycles. The van der Waals surface area contributed by atoms with Crippen molar-refractivity contribution in [1.82, 2.24) is 4.90 Å². The van der Waals surface area contributed by atoms with Gasteiger partial charge in [0.15, 0.2) is 17.3 Å². The summed E-state index contributed by atoms with van der Waals surface area (Å²) in [4.78, 5) is 13.5. The van der Waals surface area contributed by atoms with Crippen LogP contribution in [0, 0.1) is 0 Å². The normalized spacial score (nSPS) is 17.2. The molecule has 0 aliphatic carbocycles. The first-order valence-corrected chi connectivity index (χ1v) is 6.20. The zero-order chi connectivity index (χ0) is 14.0. The number of hydrogen-bond acceptors (Lipinski definition) is 4. The summed E-state index contributed by atoms with van der Waals surface area (Å²) in [6, 6.07) is 3.94. The Labute approximate surface area is 113 Å². The molecule has 0 N–H and O–H groups in total. The highest BCUT2D eigenvalue weighted by atomic mass is 16.5. The van der Waals surface area contributed by atoms with E-state index < -0.39 is 0 Å². The average Bonchev–Trinajstić information content (AvgIpc) is 2.36. The molecule has 4 heteroatoms. The molecule has 0 spiro atoms. The number of ether oxygens (including phenoxy) is 2. The van der Waals surface area contributed by atoms with Gasteiger partial charge in [-0.2, -0.15) is 0 Å². The number of rotatable bonds is 3. The molecule has 0 atom stereocenters. The number of nitrogens with zero attached hydrogens (tertiary/aromatic N) is 1. The topological polar surface area (TPSA) is 38.8 Å². The first-order chi connectivity index (χ1) is 9.05. The van der Waals surface area contributed by atoms with Crippen molar-refractivity contribution < 1.29 is 14.3 Å². The van der Waals surface area contributed by atoms with Crippen LogP contribution in [-0.2, 0) is 11.3 Å². The van der Waals surface area contributed by atoms with E-state index in [2.05, 4.69) is 4.90 Å². The van der Waals surface area contributed by atoms with Crippen molar-refractivity contribution in [2.45, 2.75) is 13.5 Å². The van der Waals surface area contributed by atoms with Gasteiger partial charge in [-0.05, 0) is 48.9 Å². The number of fused-ring (bicyclic) bond motifs is 1. The Hall–Kier alpha value is -1.81. The predicted molar refractivity (Wildman–Crippen MR) is 74.5 cm³/mol. The van der Waals surface area contributed by atoms with Crippen LogP contribution in [0.5, 0.6) is 11.5 Å². The van der Waals surface area contributed by atoms with Crippen molar-refractivity contribution in [3.05, 3.63) is 29.3 Å².